The summed E-state index contributed by atoms with van der Waals surface area (Å²) in [6.45, 7) is -0.00205. The average Bonchev–Trinajstić information content (AvgIpc) is 2.80. The molecule has 0 saturated heterocycles. The maximum absolute atomic E-state index is 12.9. The lowest BCUT2D eigenvalue weighted by atomic mass is 9.88. The standard InChI is InChI=1S/C26H25F2N3O4/c1-16(29)22(23(32)30-19-11-13-21(14-12-19)35-25(27)28)24(33)31-20-10-6-9-18(15-20)26(2,34)17-7-4-3-5-8-17/h3-15,22,25,29,34H,1-2H3,(H,30,32)(H,31,33). The third-order valence-corrected chi connectivity index (χ3v) is 5.33. The summed E-state index contributed by atoms with van der Waals surface area (Å²) in [4.78, 5) is 25.7. The second-order valence-electron chi connectivity index (χ2n) is 8.02. The Morgan fingerprint density at radius 3 is 2.03 bits per heavy atom. The summed E-state index contributed by atoms with van der Waals surface area (Å²) in [6, 6.07) is 20.8. The molecule has 0 spiro atoms. The lowest BCUT2D eigenvalue weighted by molar-refractivity contribution is -0.126. The summed E-state index contributed by atoms with van der Waals surface area (Å²) in [5, 5.41) is 24.1. The summed E-state index contributed by atoms with van der Waals surface area (Å²) >= 11 is 0. The van der Waals surface area contributed by atoms with Crippen molar-refractivity contribution in [2.45, 2.75) is 26.1 Å². The molecule has 3 aromatic carbocycles. The molecule has 2 amide bonds. The zero-order chi connectivity index (χ0) is 25.6. The van der Waals surface area contributed by atoms with Gasteiger partial charge in [-0.05, 0) is 61.4 Å². The number of anilines is 2. The summed E-state index contributed by atoms with van der Waals surface area (Å²) in [5.41, 5.74) is 0.273. The van der Waals surface area contributed by atoms with Gasteiger partial charge in [0.1, 0.15) is 11.4 Å². The Balaban J connectivity index is 1.74. The first kappa shape index (κ1) is 25.5. The summed E-state index contributed by atoms with van der Waals surface area (Å²) in [6.07, 6.45) is 0. The zero-order valence-corrected chi connectivity index (χ0v) is 19.1. The van der Waals surface area contributed by atoms with Gasteiger partial charge >= 0.3 is 6.61 Å². The van der Waals surface area contributed by atoms with Crippen molar-refractivity contribution in [1.29, 1.82) is 5.41 Å². The van der Waals surface area contributed by atoms with Crippen molar-refractivity contribution >= 4 is 28.9 Å². The van der Waals surface area contributed by atoms with Crippen LogP contribution >= 0.6 is 0 Å². The van der Waals surface area contributed by atoms with E-state index < -0.39 is 29.9 Å². The van der Waals surface area contributed by atoms with Crippen LogP contribution in [-0.2, 0) is 15.2 Å². The van der Waals surface area contributed by atoms with Gasteiger partial charge in [-0.2, -0.15) is 8.78 Å². The zero-order valence-electron chi connectivity index (χ0n) is 19.1. The van der Waals surface area contributed by atoms with Crippen LogP contribution in [0.3, 0.4) is 0 Å². The van der Waals surface area contributed by atoms with Gasteiger partial charge in [-0.3, -0.25) is 9.59 Å². The minimum Gasteiger partial charge on any atom is -0.435 e. The van der Waals surface area contributed by atoms with E-state index in [0.29, 0.717) is 16.8 Å². The molecule has 0 aliphatic heterocycles. The van der Waals surface area contributed by atoms with Gasteiger partial charge in [0.2, 0.25) is 11.8 Å². The van der Waals surface area contributed by atoms with Crippen molar-refractivity contribution in [2.24, 2.45) is 5.92 Å². The van der Waals surface area contributed by atoms with Gasteiger partial charge in [-0.25, -0.2) is 0 Å². The van der Waals surface area contributed by atoms with E-state index in [2.05, 4.69) is 15.4 Å². The van der Waals surface area contributed by atoms with Crippen LogP contribution in [0.25, 0.3) is 0 Å². The number of ether oxygens (including phenoxy) is 1. The number of carbonyl (C=O) groups excluding carboxylic acids is 2. The van der Waals surface area contributed by atoms with Crippen molar-refractivity contribution < 1.29 is 28.2 Å². The Kier molecular flexibility index (Phi) is 7.93. The highest BCUT2D eigenvalue weighted by molar-refractivity contribution is 6.24. The van der Waals surface area contributed by atoms with E-state index in [1.54, 1.807) is 43.3 Å². The molecule has 2 atom stereocenters. The lowest BCUT2D eigenvalue weighted by Crippen LogP contribution is -2.38. The largest absolute Gasteiger partial charge is 0.435 e. The fraction of sp³-hybridized carbons (Fsp3) is 0.192. The van der Waals surface area contributed by atoms with Crippen LogP contribution < -0.4 is 15.4 Å². The minimum atomic E-state index is -2.97. The number of hydrogen-bond acceptors (Lipinski definition) is 5. The molecule has 0 aromatic heterocycles. The van der Waals surface area contributed by atoms with Crippen molar-refractivity contribution in [2.75, 3.05) is 10.6 Å². The Labute approximate surface area is 201 Å². The van der Waals surface area contributed by atoms with E-state index in [0.717, 1.165) is 0 Å². The van der Waals surface area contributed by atoms with Crippen molar-refractivity contribution in [1.82, 2.24) is 0 Å². The van der Waals surface area contributed by atoms with Gasteiger partial charge in [0.25, 0.3) is 0 Å². The molecule has 9 heteroatoms. The van der Waals surface area contributed by atoms with Crippen molar-refractivity contribution in [3.8, 4) is 5.75 Å². The number of nitrogens with one attached hydrogen (secondary N) is 3. The Hall–Kier alpha value is -4.11. The first-order valence-electron chi connectivity index (χ1n) is 10.7. The second-order valence-corrected chi connectivity index (χ2v) is 8.02. The molecule has 35 heavy (non-hydrogen) atoms. The number of halogens is 2. The lowest BCUT2D eigenvalue weighted by Gasteiger charge is -2.25. The first-order valence-corrected chi connectivity index (χ1v) is 10.7. The van der Waals surface area contributed by atoms with Gasteiger partial charge in [0.15, 0.2) is 5.92 Å². The van der Waals surface area contributed by atoms with Crippen LogP contribution in [0.15, 0.2) is 78.9 Å². The fourth-order valence-corrected chi connectivity index (χ4v) is 3.49. The van der Waals surface area contributed by atoms with Gasteiger partial charge in [-0.15, -0.1) is 0 Å². The third kappa shape index (κ3) is 6.48. The number of alkyl halides is 2. The molecule has 7 nitrogen and oxygen atoms in total. The molecule has 0 bridgehead atoms. The molecule has 0 saturated carbocycles. The van der Waals surface area contributed by atoms with Crippen LogP contribution in [-0.4, -0.2) is 29.2 Å². The number of hydrogen-bond donors (Lipinski definition) is 4. The molecule has 0 fully saturated rings. The predicted molar refractivity (Wildman–Crippen MR) is 129 cm³/mol. The summed E-state index contributed by atoms with van der Waals surface area (Å²) in [7, 11) is 0. The monoisotopic (exact) mass is 481 g/mol. The highest BCUT2D eigenvalue weighted by Crippen LogP contribution is 2.30. The molecule has 3 aromatic rings. The topological polar surface area (TPSA) is 112 Å². The second kappa shape index (κ2) is 10.9. The number of carbonyl (C=O) groups is 2. The molecule has 0 aliphatic carbocycles. The SMILES string of the molecule is CC(=N)C(C(=O)Nc1ccc(OC(F)F)cc1)C(=O)Nc1cccc(C(C)(O)c2ccccc2)c1. The minimum absolute atomic E-state index is 0.0817. The Bertz CT molecular complexity index is 1200. The number of benzene rings is 3. The molecule has 182 valence electrons. The average molecular weight is 481 g/mol. The van der Waals surface area contributed by atoms with Crippen LogP contribution in [0.1, 0.15) is 25.0 Å². The maximum atomic E-state index is 12.9. The van der Waals surface area contributed by atoms with Crippen LogP contribution in [0.2, 0.25) is 0 Å². The number of aliphatic hydroxyl groups is 1. The highest BCUT2D eigenvalue weighted by atomic mass is 19.3. The van der Waals surface area contributed by atoms with Crippen LogP contribution in [0, 0.1) is 11.3 Å². The smallest absolute Gasteiger partial charge is 0.387 e. The molecular weight excluding hydrogens is 456 g/mol. The van der Waals surface area contributed by atoms with E-state index in [-0.39, 0.29) is 17.1 Å². The number of rotatable bonds is 9. The molecule has 3 rings (SSSR count). The predicted octanol–water partition coefficient (Wildman–Crippen LogP) is 4.78. The molecular formula is C26H25F2N3O4. The maximum Gasteiger partial charge on any atom is 0.387 e. The van der Waals surface area contributed by atoms with Gasteiger partial charge in [-0.1, -0.05) is 42.5 Å². The normalized spacial score (nSPS) is 13.4. The molecule has 0 aliphatic rings. The highest BCUT2D eigenvalue weighted by Gasteiger charge is 2.30. The van der Waals surface area contributed by atoms with E-state index >= 15 is 0 Å². The van der Waals surface area contributed by atoms with Gasteiger partial charge in [0, 0.05) is 17.1 Å². The molecule has 0 heterocycles. The van der Waals surface area contributed by atoms with Crippen LogP contribution in [0.5, 0.6) is 5.75 Å². The Morgan fingerprint density at radius 1 is 0.886 bits per heavy atom. The van der Waals surface area contributed by atoms with E-state index in [1.807, 2.05) is 18.2 Å². The third-order valence-electron chi connectivity index (χ3n) is 5.33. The molecule has 2 unspecified atom stereocenters. The molecule has 0 radical (unpaired) electrons. The van der Waals surface area contributed by atoms with Crippen molar-refractivity contribution in [3.63, 3.8) is 0 Å². The summed E-state index contributed by atoms with van der Waals surface area (Å²) < 4.78 is 28.9. The summed E-state index contributed by atoms with van der Waals surface area (Å²) in [5.74, 6) is -3.01. The first-order chi connectivity index (χ1) is 16.6. The van der Waals surface area contributed by atoms with Gasteiger partial charge < -0.3 is 25.9 Å². The quantitative estimate of drug-likeness (QED) is 0.260. The molecule has 4 N–H and O–H groups in total. The van der Waals surface area contributed by atoms with E-state index in [9.17, 15) is 23.5 Å². The van der Waals surface area contributed by atoms with E-state index in [1.165, 1.54) is 31.2 Å². The fourth-order valence-electron chi connectivity index (χ4n) is 3.49. The van der Waals surface area contributed by atoms with Crippen LogP contribution in [0.4, 0.5) is 20.2 Å². The Morgan fingerprint density at radius 2 is 1.46 bits per heavy atom. The van der Waals surface area contributed by atoms with Gasteiger partial charge in [0.05, 0.1) is 0 Å². The number of amides is 2. The van der Waals surface area contributed by atoms with E-state index in [4.69, 9.17) is 5.41 Å². The van der Waals surface area contributed by atoms with Crippen molar-refractivity contribution in [3.05, 3.63) is 90.0 Å².